The van der Waals surface area contributed by atoms with Gasteiger partial charge in [-0.3, -0.25) is 4.79 Å². The molecular formula is C17H24FNO5. The first-order valence-electron chi connectivity index (χ1n) is 7.84. The summed E-state index contributed by atoms with van der Waals surface area (Å²) in [4.78, 5) is 14.1. The Bertz CT molecular complexity index is 532. The van der Waals surface area contributed by atoms with Crippen LogP contribution in [0, 0.1) is 5.82 Å². The van der Waals surface area contributed by atoms with E-state index in [0.717, 1.165) is 0 Å². The van der Waals surface area contributed by atoms with Crippen molar-refractivity contribution in [3.8, 4) is 5.75 Å². The number of nitrogens with zero attached hydrogens (tertiary/aromatic N) is 1. The van der Waals surface area contributed by atoms with Crippen molar-refractivity contribution in [3.63, 3.8) is 0 Å². The summed E-state index contributed by atoms with van der Waals surface area (Å²) in [5.41, 5.74) is 0. The van der Waals surface area contributed by atoms with Gasteiger partial charge in [0.15, 0.2) is 5.79 Å². The zero-order valence-corrected chi connectivity index (χ0v) is 14.3. The first kappa shape index (κ1) is 18.6. The SMILES string of the molecule is COC1CN(C(=O)CCOc2ccc(F)cc2)CCC1(OC)OC. The van der Waals surface area contributed by atoms with E-state index in [1.807, 2.05) is 0 Å². The highest BCUT2D eigenvalue weighted by Crippen LogP contribution is 2.29. The van der Waals surface area contributed by atoms with Crippen molar-refractivity contribution in [2.24, 2.45) is 0 Å². The first-order chi connectivity index (χ1) is 11.5. The molecule has 1 aromatic rings. The molecule has 24 heavy (non-hydrogen) atoms. The van der Waals surface area contributed by atoms with Crippen LogP contribution < -0.4 is 4.74 Å². The Morgan fingerprint density at radius 1 is 1.25 bits per heavy atom. The summed E-state index contributed by atoms with van der Waals surface area (Å²) in [6.45, 7) is 1.16. The van der Waals surface area contributed by atoms with Crippen molar-refractivity contribution in [2.75, 3.05) is 41.0 Å². The van der Waals surface area contributed by atoms with Gasteiger partial charge < -0.3 is 23.8 Å². The van der Waals surface area contributed by atoms with Gasteiger partial charge in [-0.1, -0.05) is 0 Å². The highest BCUT2D eigenvalue weighted by atomic mass is 19.1. The van der Waals surface area contributed by atoms with Gasteiger partial charge in [-0.15, -0.1) is 0 Å². The molecule has 0 aliphatic carbocycles. The molecule has 1 aliphatic heterocycles. The van der Waals surface area contributed by atoms with Gasteiger partial charge in [0.2, 0.25) is 5.91 Å². The van der Waals surface area contributed by atoms with Crippen molar-refractivity contribution < 1.29 is 28.1 Å². The highest BCUT2D eigenvalue weighted by molar-refractivity contribution is 5.76. The number of carbonyl (C=O) groups is 1. The lowest BCUT2D eigenvalue weighted by Gasteiger charge is -2.44. The lowest BCUT2D eigenvalue weighted by molar-refractivity contribution is -0.282. The number of amides is 1. The zero-order valence-electron chi connectivity index (χ0n) is 14.3. The largest absolute Gasteiger partial charge is 0.493 e. The number of piperidine rings is 1. The second kappa shape index (κ2) is 8.41. The minimum Gasteiger partial charge on any atom is -0.493 e. The van der Waals surface area contributed by atoms with Crippen molar-refractivity contribution in [2.45, 2.75) is 24.7 Å². The van der Waals surface area contributed by atoms with E-state index in [-0.39, 0.29) is 30.9 Å². The number of hydrogen-bond acceptors (Lipinski definition) is 5. The van der Waals surface area contributed by atoms with Crippen LogP contribution in [0.25, 0.3) is 0 Å². The van der Waals surface area contributed by atoms with Crippen LogP contribution in [0.2, 0.25) is 0 Å². The summed E-state index contributed by atoms with van der Waals surface area (Å²) in [6, 6.07) is 5.71. The van der Waals surface area contributed by atoms with E-state index in [0.29, 0.717) is 25.3 Å². The molecule has 1 heterocycles. The van der Waals surface area contributed by atoms with E-state index in [9.17, 15) is 9.18 Å². The number of benzene rings is 1. The molecule has 2 rings (SSSR count). The molecule has 0 N–H and O–H groups in total. The molecular weight excluding hydrogens is 317 g/mol. The lowest BCUT2D eigenvalue weighted by atomic mass is 9.99. The molecule has 1 aromatic carbocycles. The Kier molecular flexibility index (Phi) is 6.53. The zero-order chi connectivity index (χ0) is 17.6. The molecule has 0 radical (unpaired) electrons. The molecule has 0 bridgehead atoms. The summed E-state index contributed by atoms with van der Waals surface area (Å²) >= 11 is 0. The molecule has 1 amide bonds. The fraction of sp³-hybridized carbons (Fsp3) is 0.588. The molecule has 1 unspecified atom stereocenters. The number of methoxy groups -OCH3 is 3. The molecule has 6 nitrogen and oxygen atoms in total. The van der Waals surface area contributed by atoms with Gasteiger partial charge in [-0.05, 0) is 24.3 Å². The van der Waals surface area contributed by atoms with E-state index >= 15 is 0 Å². The summed E-state index contributed by atoms with van der Waals surface area (Å²) in [5, 5.41) is 0. The molecule has 1 atom stereocenters. The standard InChI is InChI=1S/C17H24FNO5/c1-21-15-12-19(10-9-17(15,22-2)23-3)16(20)8-11-24-14-6-4-13(18)5-7-14/h4-7,15H,8-12H2,1-3H3. The lowest BCUT2D eigenvalue weighted by Crippen LogP contribution is -2.59. The third-order valence-electron chi connectivity index (χ3n) is 4.33. The molecule has 7 heteroatoms. The maximum Gasteiger partial charge on any atom is 0.226 e. The van der Waals surface area contributed by atoms with E-state index in [2.05, 4.69) is 0 Å². The van der Waals surface area contributed by atoms with Crippen LogP contribution in [0.4, 0.5) is 4.39 Å². The Morgan fingerprint density at radius 2 is 1.92 bits per heavy atom. The van der Waals surface area contributed by atoms with Crippen LogP contribution >= 0.6 is 0 Å². The average Bonchev–Trinajstić information content (AvgIpc) is 2.62. The van der Waals surface area contributed by atoms with Gasteiger partial charge in [0.05, 0.1) is 19.6 Å². The number of halogens is 1. The summed E-state index contributed by atoms with van der Waals surface area (Å²) in [6.07, 6.45) is 0.410. The number of ether oxygens (including phenoxy) is 4. The molecule has 1 fully saturated rings. The fourth-order valence-electron chi connectivity index (χ4n) is 2.86. The predicted octanol–water partition coefficient (Wildman–Crippen LogP) is 1.83. The minimum atomic E-state index is -0.823. The molecule has 0 saturated carbocycles. The molecule has 1 saturated heterocycles. The predicted molar refractivity (Wildman–Crippen MR) is 85.3 cm³/mol. The normalized spacial score (nSPS) is 20.0. The van der Waals surface area contributed by atoms with Gasteiger partial charge in [0.25, 0.3) is 0 Å². The Morgan fingerprint density at radius 3 is 2.50 bits per heavy atom. The summed E-state index contributed by atoms with van der Waals surface area (Å²) < 4.78 is 34.7. The van der Waals surface area contributed by atoms with E-state index in [4.69, 9.17) is 18.9 Å². The molecule has 0 aromatic heterocycles. The monoisotopic (exact) mass is 341 g/mol. The van der Waals surface area contributed by atoms with Crippen LogP contribution in [-0.4, -0.2) is 63.7 Å². The van der Waals surface area contributed by atoms with Gasteiger partial charge >= 0.3 is 0 Å². The quantitative estimate of drug-likeness (QED) is 0.708. The van der Waals surface area contributed by atoms with Crippen LogP contribution in [0.15, 0.2) is 24.3 Å². The molecule has 1 aliphatic rings. The Labute approximate surface area is 141 Å². The number of carbonyl (C=O) groups excluding carboxylic acids is 1. The van der Waals surface area contributed by atoms with Crippen LogP contribution in [0.1, 0.15) is 12.8 Å². The van der Waals surface area contributed by atoms with E-state index < -0.39 is 5.79 Å². The second-order valence-corrected chi connectivity index (χ2v) is 5.59. The van der Waals surface area contributed by atoms with Crippen molar-refractivity contribution in [1.29, 1.82) is 0 Å². The van der Waals surface area contributed by atoms with Gasteiger partial charge in [-0.2, -0.15) is 0 Å². The van der Waals surface area contributed by atoms with E-state index in [1.165, 1.54) is 24.3 Å². The highest BCUT2D eigenvalue weighted by Gasteiger charge is 2.45. The smallest absolute Gasteiger partial charge is 0.226 e. The second-order valence-electron chi connectivity index (χ2n) is 5.59. The maximum absolute atomic E-state index is 12.8. The summed E-state index contributed by atoms with van der Waals surface area (Å²) in [7, 11) is 4.72. The van der Waals surface area contributed by atoms with Crippen molar-refractivity contribution in [3.05, 3.63) is 30.1 Å². The van der Waals surface area contributed by atoms with Gasteiger partial charge in [-0.25, -0.2) is 4.39 Å². The number of hydrogen-bond donors (Lipinski definition) is 0. The molecule has 134 valence electrons. The first-order valence-corrected chi connectivity index (χ1v) is 7.84. The average molecular weight is 341 g/mol. The fourth-order valence-corrected chi connectivity index (χ4v) is 2.86. The minimum absolute atomic E-state index is 0.0278. The maximum atomic E-state index is 12.8. The van der Waals surface area contributed by atoms with Crippen LogP contribution in [-0.2, 0) is 19.0 Å². The van der Waals surface area contributed by atoms with Crippen molar-refractivity contribution >= 4 is 5.91 Å². The van der Waals surface area contributed by atoms with Crippen LogP contribution in [0.3, 0.4) is 0 Å². The topological polar surface area (TPSA) is 57.2 Å². The van der Waals surface area contributed by atoms with Crippen molar-refractivity contribution in [1.82, 2.24) is 4.90 Å². The van der Waals surface area contributed by atoms with Gasteiger partial charge in [0.1, 0.15) is 17.7 Å². The molecule has 0 spiro atoms. The number of likely N-dealkylation sites (tertiary alicyclic amines) is 1. The third-order valence-corrected chi connectivity index (χ3v) is 4.33. The summed E-state index contributed by atoms with van der Waals surface area (Å²) in [5.74, 6) is -0.636. The van der Waals surface area contributed by atoms with Crippen LogP contribution in [0.5, 0.6) is 5.75 Å². The third kappa shape index (κ3) is 4.23. The van der Waals surface area contributed by atoms with Gasteiger partial charge in [0, 0.05) is 34.3 Å². The van der Waals surface area contributed by atoms with E-state index in [1.54, 1.807) is 26.2 Å². The Balaban J connectivity index is 1.83. The Hall–Kier alpha value is -1.70. The number of rotatable bonds is 7.